The second-order valence-electron chi connectivity index (χ2n) is 6.40. The molecule has 148 valence electrons. The van der Waals surface area contributed by atoms with E-state index < -0.39 is 6.04 Å². The summed E-state index contributed by atoms with van der Waals surface area (Å²) in [7, 11) is 0. The fourth-order valence-electron chi connectivity index (χ4n) is 2.53. The molecule has 0 aliphatic heterocycles. The SMILES string of the molecule is CC(=O)C(Cc1ccc(O)cc1)NC(=O)c1ccccc1.O=Cc1ccccc1. The Kier molecular flexibility index (Phi) is 8.32. The lowest BCUT2D eigenvalue weighted by atomic mass is 10.0. The molecule has 29 heavy (non-hydrogen) atoms. The van der Waals surface area contributed by atoms with Crippen LogP contribution in [0.2, 0.25) is 0 Å². The van der Waals surface area contributed by atoms with Crippen molar-refractivity contribution in [1.82, 2.24) is 5.32 Å². The van der Waals surface area contributed by atoms with Crippen molar-refractivity contribution in [2.75, 3.05) is 0 Å². The van der Waals surface area contributed by atoms with E-state index in [1.165, 1.54) is 6.92 Å². The Hall–Kier alpha value is -3.73. The third-order valence-corrected chi connectivity index (χ3v) is 4.14. The first-order valence-corrected chi connectivity index (χ1v) is 9.14. The first-order valence-electron chi connectivity index (χ1n) is 9.14. The lowest BCUT2D eigenvalue weighted by molar-refractivity contribution is -0.118. The molecule has 0 radical (unpaired) electrons. The van der Waals surface area contributed by atoms with E-state index in [0.717, 1.165) is 17.4 Å². The van der Waals surface area contributed by atoms with Crippen LogP contribution in [0.3, 0.4) is 0 Å². The largest absolute Gasteiger partial charge is 0.508 e. The van der Waals surface area contributed by atoms with Crippen LogP contribution in [-0.2, 0) is 11.2 Å². The van der Waals surface area contributed by atoms with Crippen LogP contribution in [0.5, 0.6) is 5.75 Å². The number of benzene rings is 3. The smallest absolute Gasteiger partial charge is 0.251 e. The fraction of sp³-hybridized carbons (Fsp3) is 0.125. The number of aldehydes is 1. The minimum absolute atomic E-state index is 0.104. The van der Waals surface area contributed by atoms with Gasteiger partial charge >= 0.3 is 0 Å². The predicted molar refractivity (Wildman–Crippen MR) is 112 cm³/mol. The van der Waals surface area contributed by atoms with Crippen LogP contribution >= 0.6 is 0 Å². The number of ketones is 1. The average molecular weight is 389 g/mol. The Morgan fingerprint density at radius 2 is 1.45 bits per heavy atom. The maximum absolute atomic E-state index is 12.1. The van der Waals surface area contributed by atoms with Crippen LogP contribution in [0, 0.1) is 0 Å². The van der Waals surface area contributed by atoms with Gasteiger partial charge in [0.05, 0.1) is 6.04 Å². The summed E-state index contributed by atoms with van der Waals surface area (Å²) < 4.78 is 0. The summed E-state index contributed by atoms with van der Waals surface area (Å²) >= 11 is 0. The number of nitrogens with one attached hydrogen (secondary N) is 1. The predicted octanol–water partition coefficient (Wildman–Crippen LogP) is 3.82. The maximum Gasteiger partial charge on any atom is 0.251 e. The van der Waals surface area contributed by atoms with Crippen molar-refractivity contribution in [3.8, 4) is 5.75 Å². The number of carbonyl (C=O) groups is 3. The van der Waals surface area contributed by atoms with Crippen molar-refractivity contribution in [2.24, 2.45) is 0 Å². The van der Waals surface area contributed by atoms with Crippen LogP contribution in [0.15, 0.2) is 84.9 Å². The number of phenols is 1. The highest BCUT2D eigenvalue weighted by Crippen LogP contribution is 2.12. The fourth-order valence-corrected chi connectivity index (χ4v) is 2.53. The van der Waals surface area contributed by atoms with Crippen molar-refractivity contribution >= 4 is 18.0 Å². The molecule has 0 heterocycles. The number of hydrogen-bond donors (Lipinski definition) is 2. The average Bonchev–Trinajstić information content (AvgIpc) is 2.76. The number of amides is 1. The van der Waals surface area contributed by atoms with Gasteiger partial charge in [0.2, 0.25) is 0 Å². The van der Waals surface area contributed by atoms with Crippen molar-refractivity contribution in [1.29, 1.82) is 0 Å². The van der Waals surface area contributed by atoms with Crippen LogP contribution in [0.1, 0.15) is 33.2 Å². The zero-order chi connectivity index (χ0) is 21.1. The molecule has 0 aromatic heterocycles. The third-order valence-electron chi connectivity index (χ3n) is 4.14. The molecule has 3 rings (SSSR count). The zero-order valence-corrected chi connectivity index (χ0v) is 16.1. The number of phenolic OH excluding ortho intramolecular Hbond substituents is 1. The lowest BCUT2D eigenvalue weighted by Gasteiger charge is -2.16. The second-order valence-corrected chi connectivity index (χ2v) is 6.40. The van der Waals surface area contributed by atoms with Crippen LogP contribution in [-0.4, -0.2) is 29.1 Å². The highest BCUT2D eigenvalue weighted by Gasteiger charge is 2.18. The second kappa shape index (κ2) is 11.2. The van der Waals surface area contributed by atoms with Gasteiger partial charge in [0.1, 0.15) is 12.0 Å². The molecule has 3 aromatic rings. The van der Waals surface area contributed by atoms with Crippen molar-refractivity contribution in [3.05, 3.63) is 102 Å². The first-order chi connectivity index (χ1) is 14.0. The Bertz CT molecular complexity index is 922. The molecule has 5 nitrogen and oxygen atoms in total. The van der Waals surface area contributed by atoms with Crippen LogP contribution in [0.25, 0.3) is 0 Å². The molecule has 0 fully saturated rings. The highest BCUT2D eigenvalue weighted by atomic mass is 16.3. The molecule has 0 saturated carbocycles. The summed E-state index contributed by atoms with van der Waals surface area (Å²) in [6.07, 6.45) is 1.23. The van der Waals surface area contributed by atoms with Gasteiger partial charge in [0.25, 0.3) is 5.91 Å². The summed E-state index contributed by atoms with van der Waals surface area (Å²) in [5, 5.41) is 12.0. The van der Waals surface area contributed by atoms with Gasteiger partial charge < -0.3 is 10.4 Å². The van der Waals surface area contributed by atoms with Gasteiger partial charge in [-0.2, -0.15) is 0 Å². The van der Waals surface area contributed by atoms with Crippen molar-refractivity contribution in [2.45, 2.75) is 19.4 Å². The Labute approximate surface area is 170 Å². The molecule has 1 amide bonds. The van der Waals surface area contributed by atoms with E-state index in [0.29, 0.717) is 12.0 Å². The van der Waals surface area contributed by atoms with Gasteiger partial charge in [-0.3, -0.25) is 14.4 Å². The van der Waals surface area contributed by atoms with E-state index in [9.17, 15) is 19.5 Å². The molecule has 0 saturated heterocycles. The highest BCUT2D eigenvalue weighted by molar-refractivity contribution is 5.97. The molecule has 0 spiro atoms. The van der Waals surface area contributed by atoms with E-state index in [1.54, 1.807) is 60.7 Å². The van der Waals surface area contributed by atoms with E-state index >= 15 is 0 Å². The maximum atomic E-state index is 12.1. The van der Waals surface area contributed by atoms with Gasteiger partial charge in [0, 0.05) is 11.1 Å². The van der Waals surface area contributed by atoms with E-state index in [-0.39, 0.29) is 17.4 Å². The molecule has 0 aliphatic rings. The van der Waals surface area contributed by atoms with Gasteiger partial charge in [0.15, 0.2) is 5.78 Å². The lowest BCUT2D eigenvalue weighted by Crippen LogP contribution is -2.41. The van der Waals surface area contributed by atoms with Gasteiger partial charge in [-0.25, -0.2) is 0 Å². The molecular formula is C24H23NO4. The zero-order valence-electron chi connectivity index (χ0n) is 16.1. The summed E-state index contributed by atoms with van der Waals surface area (Å²) in [6, 6.07) is 23.9. The molecule has 0 bridgehead atoms. The number of Topliss-reactive ketones (excluding diaryl/α,β-unsaturated/α-hetero) is 1. The third kappa shape index (κ3) is 7.42. The quantitative estimate of drug-likeness (QED) is 0.628. The number of hydrogen-bond acceptors (Lipinski definition) is 4. The summed E-state index contributed by atoms with van der Waals surface area (Å²) in [4.78, 5) is 33.8. The van der Waals surface area contributed by atoms with E-state index in [4.69, 9.17) is 0 Å². The normalized spacial score (nSPS) is 10.8. The molecule has 1 atom stereocenters. The first kappa shape index (κ1) is 21.6. The Morgan fingerprint density at radius 3 is 1.93 bits per heavy atom. The standard InChI is InChI=1S/C17H17NO3.C7H6O/c1-12(19)16(11-13-7-9-15(20)10-8-13)18-17(21)14-5-3-2-4-6-14;8-6-7-4-2-1-3-5-7/h2-10,16,20H,11H2,1H3,(H,18,21);1-6H. The molecule has 3 aromatic carbocycles. The van der Waals surface area contributed by atoms with Crippen molar-refractivity contribution in [3.63, 3.8) is 0 Å². The molecular weight excluding hydrogens is 366 g/mol. The topological polar surface area (TPSA) is 83.5 Å². The minimum Gasteiger partial charge on any atom is -0.508 e. The minimum atomic E-state index is -0.581. The van der Waals surface area contributed by atoms with Crippen LogP contribution in [0.4, 0.5) is 0 Å². The van der Waals surface area contributed by atoms with Gasteiger partial charge in [-0.1, -0.05) is 60.7 Å². The number of aromatic hydroxyl groups is 1. The van der Waals surface area contributed by atoms with Crippen molar-refractivity contribution < 1.29 is 19.5 Å². The van der Waals surface area contributed by atoms with Crippen LogP contribution < -0.4 is 5.32 Å². The molecule has 5 heteroatoms. The molecule has 0 aliphatic carbocycles. The monoisotopic (exact) mass is 389 g/mol. The van der Waals surface area contributed by atoms with E-state index in [1.807, 2.05) is 24.3 Å². The summed E-state index contributed by atoms with van der Waals surface area (Å²) in [5.74, 6) is -0.201. The number of carbonyl (C=O) groups excluding carboxylic acids is 3. The van der Waals surface area contributed by atoms with Gasteiger partial charge in [-0.15, -0.1) is 0 Å². The van der Waals surface area contributed by atoms with Gasteiger partial charge in [-0.05, 0) is 43.2 Å². The summed E-state index contributed by atoms with van der Waals surface area (Å²) in [6.45, 7) is 1.45. The number of rotatable bonds is 6. The van der Waals surface area contributed by atoms with E-state index in [2.05, 4.69) is 5.32 Å². The Morgan fingerprint density at radius 1 is 0.897 bits per heavy atom. The Balaban J connectivity index is 0.000000313. The summed E-state index contributed by atoms with van der Waals surface area (Å²) in [5.41, 5.74) is 2.13. The molecule has 1 unspecified atom stereocenters. The molecule has 2 N–H and O–H groups in total.